The molecule has 0 radical (unpaired) electrons. The molecule has 2 aliphatic heterocycles. The number of furan rings is 1. The van der Waals surface area contributed by atoms with E-state index in [-0.39, 0.29) is 18.2 Å². The molecular formula is C29H40N4O7. The van der Waals surface area contributed by atoms with Gasteiger partial charge in [-0.2, -0.15) is 0 Å². The number of hydrogen-bond acceptors (Lipinski definition) is 8. The van der Waals surface area contributed by atoms with Gasteiger partial charge in [0.1, 0.15) is 17.3 Å². The lowest BCUT2D eigenvalue weighted by Gasteiger charge is -2.29. The zero-order valence-electron chi connectivity index (χ0n) is 23.8. The molecule has 218 valence electrons. The summed E-state index contributed by atoms with van der Waals surface area (Å²) < 4.78 is 15.7. The average molecular weight is 557 g/mol. The van der Waals surface area contributed by atoms with Crippen molar-refractivity contribution in [1.82, 2.24) is 20.9 Å². The predicted molar refractivity (Wildman–Crippen MR) is 152 cm³/mol. The van der Waals surface area contributed by atoms with Crippen molar-refractivity contribution in [2.75, 3.05) is 47.6 Å². The summed E-state index contributed by atoms with van der Waals surface area (Å²) in [6.45, 7) is 10.9. The molecule has 0 bridgehead atoms. The second-order valence-electron chi connectivity index (χ2n) is 9.10. The molecule has 2 aliphatic rings. The number of hydrogen-bond donors (Lipinski definition) is 4. The Morgan fingerprint density at radius 3 is 2.55 bits per heavy atom. The van der Waals surface area contributed by atoms with Crippen LogP contribution in [-0.4, -0.2) is 75.4 Å². The van der Waals surface area contributed by atoms with Crippen LogP contribution in [0.1, 0.15) is 41.3 Å². The first kappa shape index (κ1) is 32.3. The number of urea groups is 1. The molecule has 0 spiro atoms. The van der Waals surface area contributed by atoms with Crippen molar-refractivity contribution >= 4 is 23.9 Å². The normalized spacial score (nSPS) is 18.2. The van der Waals surface area contributed by atoms with Crippen molar-refractivity contribution in [3.8, 4) is 5.75 Å². The standard InChI is InChI=1S/C19H17N3O5.C9H19NO.CH4O/c1-3-12-6-7-15(27-12)19(17(24)20-18(25)21-19)10-22-9-11-4-5-13(26-2)8-14(11)16(22)23;1-4-5-9(2)8-10-6-7-11-3;1-2/h3-8H,1,9-10H2,2H3,(H2,20,21,24,25);4-5,9-10H,6-8H2,1-3H3;2H,1H3/b;5-4-;/t19-;;/m0../s1. The van der Waals surface area contributed by atoms with Crippen LogP contribution in [0.4, 0.5) is 4.79 Å². The number of fused-ring (bicyclic) bond motifs is 1. The molecule has 0 aliphatic carbocycles. The number of nitrogens with one attached hydrogen (secondary N) is 3. The number of imide groups is 1. The van der Waals surface area contributed by atoms with Gasteiger partial charge < -0.3 is 34.5 Å². The minimum atomic E-state index is -1.50. The molecule has 3 heterocycles. The third kappa shape index (κ3) is 7.81. The summed E-state index contributed by atoms with van der Waals surface area (Å²) in [5.41, 5.74) is -0.160. The summed E-state index contributed by atoms with van der Waals surface area (Å²) in [5, 5.41) is 15.1. The van der Waals surface area contributed by atoms with E-state index in [4.69, 9.17) is 19.0 Å². The molecule has 1 saturated heterocycles. The Labute approximate surface area is 235 Å². The van der Waals surface area contributed by atoms with Gasteiger partial charge in [-0.1, -0.05) is 31.7 Å². The molecule has 1 fully saturated rings. The van der Waals surface area contributed by atoms with Crippen molar-refractivity contribution in [1.29, 1.82) is 0 Å². The van der Waals surface area contributed by atoms with Gasteiger partial charge in [-0.3, -0.25) is 14.9 Å². The lowest BCUT2D eigenvalue weighted by atomic mass is 9.95. The molecule has 1 aromatic carbocycles. The van der Waals surface area contributed by atoms with Crippen LogP contribution in [0, 0.1) is 5.92 Å². The van der Waals surface area contributed by atoms with Gasteiger partial charge in [-0.25, -0.2) is 4.79 Å². The molecule has 1 aromatic heterocycles. The van der Waals surface area contributed by atoms with E-state index in [1.807, 2.05) is 13.0 Å². The first-order chi connectivity index (χ1) is 19.3. The second kappa shape index (κ2) is 15.6. The van der Waals surface area contributed by atoms with Gasteiger partial charge >= 0.3 is 6.03 Å². The topological polar surface area (TPSA) is 142 Å². The van der Waals surface area contributed by atoms with E-state index in [0.29, 0.717) is 29.5 Å². The molecule has 4 N–H and O–H groups in total. The summed E-state index contributed by atoms with van der Waals surface area (Å²) in [4.78, 5) is 38.8. The number of carbonyl (C=O) groups is 3. The van der Waals surface area contributed by atoms with Crippen LogP contribution in [0.2, 0.25) is 0 Å². The number of amides is 4. The number of ether oxygens (including phenoxy) is 2. The number of aliphatic hydroxyl groups excluding tert-OH is 1. The fraction of sp³-hybridized carbons (Fsp3) is 0.414. The van der Waals surface area contributed by atoms with Crippen LogP contribution in [0.3, 0.4) is 0 Å². The molecule has 2 atom stereocenters. The highest BCUT2D eigenvalue weighted by Crippen LogP contribution is 2.33. The van der Waals surface area contributed by atoms with Crippen LogP contribution < -0.4 is 20.7 Å². The van der Waals surface area contributed by atoms with Gasteiger partial charge in [-0.15, -0.1) is 0 Å². The Kier molecular flexibility index (Phi) is 12.6. The molecule has 2 aromatic rings. The van der Waals surface area contributed by atoms with Gasteiger partial charge in [0.25, 0.3) is 11.8 Å². The van der Waals surface area contributed by atoms with E-state index in [1.54, 1.807) is 31.4 Å². The maximum Gasteiger partial charge on any atom is 0.322 e. The minimum absolute atomic E-state index is 0.0650. The molecule has 40 heavy (non-hydrogen) atoms. The molecular weight excluding hydrogens is 516 g/mol. The van der Waals surface area contributed by atoms with Crippen LogP contribution in [-0.2, 0) is 21.6 Å². The van der Waals surface area contributed by atoms with Crippen molar-refractivity contribution in [3.05, 3.63) is 71.7 Å². The van der Waals surface area contributed by atoms with E-state index >= 15 is 0 Å². The number of methoxy groups -OCH3 is 2. The van der Waals surface area contributed by atoms with Gasteiger partial charge in [-0.05, 0) is 48.7 Å². The number of carbonyl (C=O) groups excluding carboxylic acids is 3. The van der Waals surface area contributed by atoms with E-state index in [0.717, 1.165) is 32.4 Å². The van der Waals surface area contributed by atoms with E-state index < -0.39 is 17.5 Å². The van der Waals surface area contributed by atoms with Crippen LogP contribution in [0.15, 0.2) is 53.5 Å². The number of aliphatic hydroxyl groups is 1. The molecule has 11 nitrogen and oxygen atoms in total. The van der Waals surface area contributed by atoms with E-state index in [2.05, 4.69) is 41.6 Å². The van der Waals surface area contributed by atoms with Crippen molar-refractivity contribution in [2.45, 2.75) is 25.9 Å². The Bertz CT molecular complexity index is 1190. The second-order valence-corrected chi connectivity index (χ2v) is 9.10. The predicted octanol–water partition coefficient (Wildman–Crippen LogP) is 2.67. The number of allylic oxidation sites excluding steroid dienone is 1. The first-order valence-electron chi connectivity index (χ1n) is 12.9. The first-order valence-corrected chi connectivity index (χ1v) is 12.9. The SMILES string of the molecule is C/C=C\C(C)CNCCOC.C=Cc1ccc([C@]2(CN3Cc4ccc(OC)cc4C3=O)NC(=O)NC2=O)o1.CO. The highest BCUT2D eigenvalue weighted by Gasteiger charge is 2.52. The monoisotopic (exact) mass is 556 g/mol. The Hall–Kier alpha value is -3.93. The molecule has 4 rings (SSSR count). The smallest absolute Gasteiger partial charge is 0.322 e. The summed E-state index contributed by atoms with van der Waals surface area (Å²) in [6, 6.07) is 7.86. The fourth-order valence-corrected chi connectivity index (χ4v) is 4.33. The molecule has 0 saturated carbocycles. The third-order valence-corrected chi connectivity index (χ3v) is 6.28. The summed E-state index contributed by atoms with van der Waals surface area (Å²) in [6.07, 6.45) is 5.78. The Morgan fingerprint density at radius 1 is 1.23 bits per heavy atom. The number of rotatable bonds is 11. The van der Waals surface area contributed by atoms with Crippen LogP contribution in [0.5, 0.6) is 5.75 Å². The van der Waals surface area contributed by atoms with Gasteiger partial charge in [0.15, 0.2) is 5.54 Å². The third-order valence-electron chi connectivity index (χ3n) is 6.28. The quantitative estimate of drug-likeness (QED) is 0.188. The summed E-state index contributed by atoms with van der Waals surface area (Å²) in [7, 11) is 4.25. The maximum absolute atomic E-state index is 12.9. The number of benzene rings is 1. The Balaban J connectivity index is 0.000000366. The van der Waals surface area contributed by atoms with Crippen molar-refractivity contribution in [2.24, 2.45) is 5.92 Å². The average Bonchev–Trinajstić information content (AvgIpc) is 3.64. The number of nitrogens with zero attached hydrogens (tertiary/aromatic N) is 1. The van der Waals surface area contributed by atoms with Crippen molar-refractivity contribution in [3.63, 3.8) is 0 Å². The fourth-order valence-electron chi connectivity index (χ4n) is 4.33. The highest BCUT2D eigenvalue weighted by molar-refractivity contribution is 6.08. The van der Waals surface area contributed by atoms with Crippen LogP contribution >= 0.6 is 0 Å². The van der Waals surface area contributed by atoms with Gasteiger partial charge in [0.2, 0.25) is 0 Å². The zero-order valence-corrected chi connectivity index (χ0v) is 23.8. The van der Waals surface area contributed by atoms with Gasteiger partial charge in [0, 0.05) is 39.4 Å². The van der Waals surface area contributed by atoms with Gasteiger partial charge in [0.05, 0.1) is 20.3 Å². The largest absolute Gasteiger partial charge is 0.497 e. The van der Waals surface area contributed by atoms with E-state index in [9.17, 15) is 14.4 Å². The van der Waals surface area contributed by atoms with Crippen LogP contribution in [0.25, 0.3) is 6.08 Å². The van der Waals surface area contributed by atoms with Crippen molar-refractivity contribution < 1.29 is 33.4 Å². The lowest BCUT2D eigenvalue weighted by Crippen LogP contribution is -2.52. The highest BCUT2D eigenvalue weighted by atomic mass is 16.5. The maximum atomic E-state index is 12.9. The zero-order chi connectivity index (χ0) is 29.7. The molecule has 11 heteroatoms. The minimum Gasteiger partial charge on any atom is -0.497 e. The van der Waals surface area contributed by atoms with E-state index in [1.165, 1.54) is 18.1 Å². The lowest BCUT2D eigenvalue weighted by molar-refractivity contribution is -0.125. The summed E-state index contributed by atoms with van der Waals surface area (Å²) in [5.74, 6) is 1.08. The Morgan fingerprint density at radius 2 is 1.98 bits per heavy atom. The molecule has 4 amide bonds. The summed E-state index contributed by atoms with van der Waals surface area (Å²) >= 11 is 0. The molecule has 1 unspecified atom stereocenters.